The Bertz CT molecular complexity index is 796. The van der Waals surface area contributed by atoms with Crippen molar-refractivity contribution >= 4 is 39.2 Å². The molecule has 0 saturated carbocycles. The maximum absolute atomic E-state index is 12.6. The number of thiophene rings is 1. The molecule has 0 amide bonds. The molecule has 166 valence electrons. The van der Waals surface area contributed by atoms with E-state index in [1.807, 2.05) is 18.3 Å². The number of carbonyl (C=O) groups excluding carboxylic acids is 1. The predicted octanol–water partition coefficient (Wildman–Crippen LogP) is 8.33. The molecule has 1 unspecified atom stereocenters. The summed E-state index contributed by atoms with van der Waals surface area (Å²) < 4.78 is 6.81. The SMILES string of the molecule is CCCCCCCCCCC(Sc1ccc2sc3c(c2c1)CCCC3)C(=O)OCC. The van der Waals surface area contributed by atoms with Gasteiger partial charge in [0.1, 0.15) is 5.25 Å². The number of thioether (sulfide) groups is 1. The van der Waals surface area contributed by atoms with Gasteiger partial charge in [0, 0.05) is 14.5 Å². The Morgan fingerprint density at radius 1 is 1.03 bits per heavy atom. The number of ether oxygens (including phenoxy) is 1. The number of hydrogen-bond donors (Lipinski definition) is 0. The zero-order chi connectivity index (χ0) is 21.2. The molecule has 1 aromatic carbocycles. The molecule has 0 N–H and O–H groups in total. The second kappa shape index (κ2) is 12.8. The first-order chi connectivity index (χ1) is 14.7. The third-order valence-corrected chi connectivity index (χ3v) is 8.59. The van der Waals surface area contributed by atoms with E-state index in [1.165, 1.54) is 85.6 Å². The van der Waals surface area contributed by atoms with Crippen LogP contribution in [-0.2, 0) is 22.4 Å². The highest BCUT2D eigenvalue weighted by molar-refractivity contribution is 8.00. The Kier molecular flexibility index (Phi) is 10.1. The van der Waals surface area contributed by atoms with Crippen LogP contribution in [0.25, 0.3) is 10.1 Å². The van der Waals surface area contributed by atoms with Gasteiger partial charge in [-0.05, 0) is 68.2 Å². The minimum Gasteiger partial charge on any atom is -0.465 e. The third-order valence-electron chi connectivity index (χ3n) is 6.07. The van der Waals surface area contributed by atoms with Crippen molar-refractivity contribution in [1.29, 1.82) is 0 Å². The minimum absolute atomic E-state index is 0.0436. The average molecular weight is 447 g/mol. The molecular weight excluding hydrogens is 408 g/mol. The zero-order valence-corrected chi connectivity index (χ0v) is 20.5. The lowest BCUT2D eigenvalue weighted by atomic mass is 9.96. The lowest BCUT2D eigenvalue weighted by Gasteiger charge is -2.16. The third kappa shape index (κ3) is 6.75. The monoisotopic (exact) mass is 446 g/mol. The normalized spacial score (nSPS) is 14.6. The van der Waals surface area contributed by atoms with Gasteiger partial charge in [-0.2, -0.15) is 0 Å². The van der Waals surface area contributed by atoms with Crippen LogP contribution in [0.4, 0.5) is 0 Å². The summed E-state index contributed by atoms with van der Waals surface area (Å²) in [6.45, 7) is 4.63. The smallest absolute Gasteiger partial charge is 0.319 e. The summed E-state index contributed by atoms with van der Waals surface area (Å²) in [6.07, 6.45) is 16.3. The van der Waals surface area contributed by atoms with Crippen molar-refractivity contribution in [3.05, 3.63) is 28.6 Å². The standard InChI is InChI=1S/C26H38O2S2/c1-3-5-6-7-8-9-10-11-16-25(26(27)28-4-2)29-20-17-18-24-22(19-20)21-14-12-13-15-23(21)30-24/h17-19,25H,3-16H2,1-2H3. The van der Waals surface area contributed by atoms with Gasteiger partial charge in [-0.25, -0.2) is 0 Å². The van der Waals surface area contributed by atoms with Gasteiger partial charge < -0.3 is 4.74 Å². The largest absolute Gasteiger partial charge is 0.465 e. The second-order valence-electron chi connectivity index (χ2n) is 8.49. The molecule has 0 aliphatic heterocycles. The fourth-order valence-corrected chi connectivity index (χ4v) is 6.79. The van der Waals surface area contributed by atoms with Crippen LogP contribution in [0.3, 0.4) is 0 Å². The van der Waals surface area contributed by atoms with Crippen LogP contribution < -0.4 is 0 Å². The van der Waals surface area contributed by atoms with Gasteiger partial charge in [0.05, 0.1) is 6.61 Å². The van der Waals surface area contributed by atoms with Crippen molar-refractivity contribution in [2.24, 2.45) is 0 Å². The van der Waals surface area contributed by atoms with Crippen LogP contribution in [0.15, 0.2) is 23.1 Å². The number of esters is 1. The van der Waals surface area contributed by atoms with Gasteiger partial charge in [-0.15, -0.1) is 23.1 Å². The molecule has 1 heterocycles. The summed E-state index contributed by atoms with van der Waals surface area (Å²) in [5.74, 6) is -0.0436. The van der Waals surface area contributed by atoms with Gasteiger partial charge >= 0.3 is 5.97 Å². The lowest BCUT2D eigenvalue weighted by Crippen LogP contribution is -2.20. The number of carbonyl (C=O) groups is 1. The number of aryl methyl sites for hydroxylation is 2. The Balaban J connectivity index is 1.57. The molecule has 1 atom stereocenters. The maximum atomic E-state index is 12.6. The highest BCUT2D eigenvalue weighted by Gasteiger charge is 2.22. The number of hydrogen-bond acceptors (Lipinski definition) is 4. The van der Waals surface area contributed by atoms with E-state index >= 15 is 0 Å². The molecule has 1 aromatic heterocycles. The van der Waals surface area contributed by atoms with E-state index in [-0.39, 0.29) is 11.2 Å². The highest BCUT2D eigenvalue weighted by Crippen LogP contribution is 2.39. The molecule has 2 aromatic rings. The molecule has 0 fully saturated rings. The average Bonchev–Trinajstić information content (AvgIpc) is 3.13. The van der Waals surface area contributed by atoms with Crippen LogP contribution in [0.1, 0.15) is 94.9 Å². The van der Waals surface area contributed by atoms with E-state index in [4.69, 9.17) is 4.74 Å². The molecular formula is C26H38O2S2. The number of rotatable bonds is 13. The van der Waals surface area contributed by atoms with Gasteiger partial charge in [-0.1, -0.05) is 58.3 Å². The molecule has 0 bridgehead atoms. The Morgan fingerprint density at radius 3 is 2.53 bits per heavy atom. The van der Waals surface area contributed by atoms with Crippen LogP contribution in [0.5, 0.6) is 0 Å². The van der Waals surface area contributed by atoms with Gasteiger partial charge in [0.25, 0.3) is 0 Å². The number of benzene rings is 1. The molecule has 1 aliphatic rings. The van der Waals surface area contributed by atoms with E-state index in [2.05, 4.69) is 25.1 Å². The van der Waals surface area contributed by atoms with E-state index in [9.17, 15) is 4.79 Å². The van der Waals surface area contributed by atoms with Crippen molar-refractivity contribution in [3.8, 4) is 0 Å². The van der Waals surface area contributed by atoms with Crippen molar-refractivity contribution < 1.29 is 9.53 Å². The summed E-state index contributed by atoms with van der Waals surface area (Å²) in [5.41, 5.74) is 1.57. The summed E-state index contributed by atoms with van der Waals surface area (Å²) in [7, 11) is 0. The lowest BCUT2D eigenvalue weighted by molar-refractivity contribution is -0.142. The van der Waals surface area contributed by atoms with Crippen molar-refractivity contribution in [3.63, 3.8) is 0 Å². The molecule has 1 aliphatic carbocycles. The van der Waals surface area contributed by atoms with E-state index in [0.29, 0.717) is 6.61 Å². The molecule has 4 heteroatoms. The molecule has 3 rings (SSSR count). The van der Waals surface area contributed by atoms with Crippen LogP contribution in [0.2, 0.25) is 0 Å². The van der Waals surface area contributed by atoms with Crippen molar-refractivity contribution in [1.82, 2.24) is 0 Å². The second-order valence-corrected chi connectivity index (χ2v) is 10.9. The zero-order valence-electron chi connectivity index (χ0n) is 18.8. The van der Waals surface area contributed by atoms with Crippen molar-refractivity contribution in [2.45, 2.75) is 107 Å². The molecule has 0 saturated heterocycles. The summed E-state index contributed by atoms with van der Waals surface area (Å²) in [5, 5.41) is 1.34. The van der Waals surface area contributed by atoms with Gasteiger partial charge in [-0.3, -0.25) is 4.79 Å². The first kappa shape index (κ1) is 23.7. The Labute approximate surface area is 191 Å². The quantitative estimate of drug-likeness (QED) is 0.176. The molecule has 2 nitrogen and oxygen atoms in total. The van der Waals surface area contributed by atoms with Gasteiger partial charge in [0.2, 0.25) is 0 Å². The first-order valence-electron chi connectivity index (χ1n) is 12.1. The highest BCUT2D eigenvalue weighted by atomic mass is 32.2. The Hall–Kier alpha value is -1.00. The summed E-state index contributed by atoms with van der Waals surface area (Å²) in [4.78, 5) is 15.4. The number of unbranched alkanes of at least 4 members (excludes halogenated alkanes) is 7. The molecule has 30 heavy (non-hydrogen) atoms. The first-order valence-corrected chi connectivity index (χ1v) is 13.8. The number of fused-ring (bicyclic) bond motifs is 3. The van der Waals surface area contributed by atoms with Crippen LogP contribution in [-0.4, -0.2) is 17.8 Å². The van der Waals surface area contributed by atoms with Crippen LogP contribution >= 0.6 is 23.1 Å². The van der Waals surface area contributed by atoms with E-state index < -0.39 is 0 Å². The molecule has 0 spiro atoms. The summed E-state index contributed by atoms with van der Waals surface area (Å²) >= 11 is 3.68. The van der Waals surface area contributed by atoms with Crippen LogP contribution in [0, 0.1) is 0 Å². The minimum atomic E-state index is -0.0862. The van der Waals surface area contributed by atoms with Crippen molar-refractivity contribution in [2.75, 3.05) is 6.61 Å². The fraction of sp³-hybridized carbons (Fsp3) is 0.654. The molecule has 0 radical (unpaired) electrons. The maximum Gasteiger partial charge on any atom is 0.319 e. The predicted molar refractivity (Wildman–Crippen MR) is 132 cm³/mol. The van der Waals surface area contributed by atoms with E-state index in [1.54, 1.807) is 22.2 Å². The fourth-order valence-electron chi connectivity index (χ4n) is 4.40. The Morgan fingerprint density at radius 2 is 1.77 bits per heavy atom. The summed E-state index contributed by atoms with van der Waals surface area (Å²) in [6, 6.07) is 6.80. The van der Waals surface area contributed by atoms with Gasteiger partial charge in [0.15, 0.2) is 0 Å². The van der Waals surface area contributed by atoms with E-state index in [0.717, 1.165) is 12.8 Å². The topological polar surface area (TPSA) is 26.3 Å².